The monoisotopic (exact) mass is 680 g/mol. The fraction of sp³-hybridized carbons (Fsp3) is 1.00. The summed E-state index contributed by atoms with van der Waals surface area (Å²) in [6.07, 6.45) is -33.9. The average molecular weight is 681 g/mol. The topological polar surface area (TPSA) is 337 Å². The zero-order valence-corrected chi connectivity index (χ0v) is 24.5. The van der Waals surface area contributed by atoms with Crippen molar-refractivity contribution in [3.05, 3.63) is 0 Å². The first-order chi connectivity index (χ1) is 21.8. The summed E-state index contributed by atoms with van der Waals surface area (Å²) in [5, 5.41) is 133. The number of hydrogen-bond donors (Lipinski definition) is 13. The van der Waals surface area contributed by atoms with Crippen LogP contribution in [0, 0.1) is 0 Å². The summed E-state index contributed by atoms with van der Waals surface area (Å²) < 4.78 is 43.2. The van der Waals surface area contributed by atoms with E-state index in [1.807, 2.05) is 0 Å². The van der Waals surface area contributed by atoms with Crippen LogP contribution in [0.15, 0.2) is 0 Å². The molecule has 4 saturated heterocycles. The van der Waals surface area contributed by atoms with Gasteiger partial charge in [0.1, 0.15) is 97.7 Å². The van der Waals surface area contributed by atoms with Crippen molar-refractivity contribution in [3.63, 3.8) is 0 Å². The maximum Gasteiger partial charge on any atom is 0.187 e. The number of rotatable bonds is 11. The molecule has 0 spiro atoms. The molecule has 21 heteroatoms. The number of hydrogen-bond acceptors (Lipinski definition) is 21. The van der Waals surface area contributed by atoms with Crippen molar-refractivity contribution in [2.24, 2.45) is 0 Å². The molecular formula is C25H44O21. The third-order valence-electron chi connectivity index (χ3n) is 8.42. The molecule has 0 saturated carbocycles. The predicted octanol–water partition coefficient (Wildman–Crippen LogP) is -9.09. The first-order valence-corrected chi connectivity index (χ1v) is 14.5. The zero-order valence-electron chi connectivity index (χ0n) is 24.5. The quantitative estimate of drug-likeness (QED) is 0.0963. The highest BCUT2D eigenvalue weighted by Gasteiger charge is 2.55. The molecule has 0 aliphatic carbocycles. The summed E-state index contributed by atoms with van der Waals surface area (Å²) in [6, 6.07) is 0. The van der Waals surface area contributed by atoms with Crippen molar-refractivity contribution in [1.29, 1.82) is 0 Å². The molecule has 0 aromatic rings. The first-order valence-electron chi connectivity index (χ1n) is 14.5. The van der Waals surface area contributed by atoms with E-state index in [4.69, 9.17) is 37.9 Å². The lowest BCUT2D eigenvalue weighted by Crippen LogP contribution is -2.67. The summed E-state index contributed by atoms with van der Waals surface area (Å²) in [7, 11) is 1.19. The van der Waals surface area contributed by atoms with Gasteiger partial charge in [0.05, 0.1) is 26.4 Å². The van der Waals surface area contributed by atoms with Gasteiger partial charge in [0.25, 0.3) is 0 Å². The van der Waals surface area contributed by atoms with Crippen LogP contribution in [0.2, 0.25) is 0 Å². The van der Waals surface area contributed by atoms with E-state index < -0.39 is 149 Å². The molecule has 0 unspecified atom stereocenters. The van der Waals surface area contributed by atoms with Crippen LogP contribution in [0.1, 0.15) is 0 Å². The molecule has 20 atom stereocenters. The van der Waals surface area contributed by atoms with Crippen molar-refractivity contribution in [1.82, 2.24) is 0 Å². The van der Waals surface area contributed by atoms with Crippen LogP contribution in [-0.2, 0) is 37.9 Å². The predicted molar refractivity (Wildman–Crippen MR) is 139 cm³/mol. The molecule has 21 nitrogen and oxygen atoms in total. The SMILES string of the molecule is CO[C@H]1O[C@H](CO)[C@@H](O[C@@H]2O[C@H](CO)[C@@H](O[C@@H]3O[C@H](CO)[C@@H](O[C@@H]4O[C@H](CO)[C@H](O)[C@H](O)[C@H]4O)[C@H](O)[C@H]3O)[C@H](O)[C@H]2O)[C@H](O)[C@H]1O. The van der Waals surface area contributed by atoms with E-state index in [-0.39, 0.29) is 0 Å². The highest BCUT2D eigenvalue weighted by Crippen LogP contribution is 2.34. The molecule has 0 radical (unpaired) electrons. The van der Waals surface area contributed by atoms with E-state index in [1.165, 1.54) is 7.11 Å². The average Bonchev–Trinajstić information content (AvgIpc) is 3.05. The summed E-state index contributed by atoms with van der Waals surface area (Å²) in [6.45, 7) is -3.26. The highest BCUT2D eigenvalue weighted by molar-refractivity contribution is 4.97. The van der Waals surface area contributed by atoms with Crippen LogP contribution in [0.25, 0.3) is 0 Å². The Morgan fingerprint density at radius 1 is 0.370 bits per heavy atom. The van der Waals surface area contributed by atoms with Gasteiger partial charge in [-0.1, -0.05) is 0 Å². The fourth-order valence-electron chi connectivity index (χ4n) is 5.73. The molecule has 4 rings (SSSR count). The minimum atomic E-state index is -2.01. The lowest BCUT2D eigenvalue weighted by atomic mass is 9.95. The summed E-state index contributed by atoms with van der Waals surface area (Å²) in [5.74, 6) is 0. The van der Waals surface area contributed by atoms with Gasteiger partial charge in [0.15, 0.2) is 25.2 Å². The third kappa shape index (κ3) is 7.50. The van der Waals surface area contributed by atoms with Gasteiger partial charge in [-0.2, -0.15) is 0 Å². The van der Waals surface area contributed by atoms with Gasteiger partial charge in [0.2, 0.25) is 0 Å². The van der Waals surface area contributed by atoms with Gasteiger partial charge >= 0.3 is 0 Å². The number of aliphatic hydroxyl groups excluding tert-OH is 13. The Balaban J connectivity index is 1.43. The molecule has 4 heterocycles. The Morgan fingerprint density at radius 3 is 0.978 bits per heavy atom. The molecule has 0 bridgehead atoms. The highest BCUT2D eigenvalue weighted by atomic mass is 16.8. The van der Waals surface area contributed by atoms with E-state index in [1.54, 1.807) is 0 Å². The van der Waals surface area contributed by atoms with Gasteiger partial charge in [0, 0.05) is 7.11 Å². The van der Waals surface area contributed by atoms with Crippen LogP contribution in [0.5, 0.6) is 0 Å². The first kappa shape index (κ1) is 38.0. The van der Waals surface area contributed by atoms with E-state index >= 15 is 0 Å². The Kier molecular flexibility index (Phi) is 13.4. The van der Waals surface area contributed by atoms with E-state index in [0.717, 1.165) is 0 Å². The molecule has 0 aromatic carbocycles. The van der Waals surface area contributed by atoms with Crippen LogP contribution in [0.4, 0.5) is 0 Å². The number of aliphatic hydroxyl groups is 13. The van der Waals surface area contributed by atoms with Crippen LogP contribution in [0.3, 0.4) is 0 Å². The molecule has 4 fully saturated rings. The third-order valence-corrected chi connectivity index (χ3v) is 8.42. The molecule has 0 amide bonds. The Bertz CT molecular complexity index is 926. The number of methoxy groups -OCH3 is 1. The van der Waals surface area contributed by atoms with Crippen LogP contribution >= 0.6 is 0 Å². The van der Waals surface area contributed by atoms with E-state index in [9.17, 15) is 66.4 Å². The van der Waals surface area contributed by atoms with Gasteiger partial charge < -0.3 is 104 Å². The van der Waals surface area contributed by atoms with Gasteiger partial charge in [-0.3, -0.25) is 0 Å². The zero-order chi connectivity index (χ0) is 34.0. The molecule has 46 heavy (non-hydrogen) atoms. The molecule has 4 aliphatic heterocycles. The largest absolute Gasteiger partial charge is 0.394 e. The molecular weight excluding hydrogens is 636 g/mol. The van der Waals surface area contributed by atoms with Crippen molar-refractivity contribution in [2.45, 2.75) is 123 Å². The van der Waals surface area contributed by atoms with Gasteiger partial charge in [-0.25, -0.2) is 0 Å². The molecule has 13 N–H and O–H groups in total. The van der Waals surface area contributed by atoms with Crippen molar-refractivity contribution in [2.75, 3.05) is 33.5 Å². The molecule has 4 aliphatic rings. The Labute approximate surface area is 261 Å². The molecule has 0 aromatic heterocycles. The second kappa shape index (κ2) is 16.2. The van der Waals surface area contributed by atoms with Crippen molar-refractivity contribution in [3.8, 4) is 0 Å². The van der Waals surface area contributed by atoms with Crippen molar-refractivity contribution < 1.29 is 104 Å². The standard InChI is InChI=1S/C25H44O21/c1-39-22-16(36)12(32)19(7(3-27)41-22)45-24-18(38)14(34)21(9(5-29)43-24)46-25-17(37)13(33)20(8(4-28)42-25)44-23-15(35)11(31)10(30)6(2-26)40-23/h6-38H,2-5H2,1H3/t6-,7-,8-,9-,10+,11+,12-,13-,14-,15-,16-,17-,18-,19-,20-,21-,22+,23+,24+,25+/m1/s1. The number of ether oxygens (including phenoxy) is 8. The summed E-state index contributed by atoms with van der Waals surface area (Å²) >= 11 is 0. The smallest absolute Gasteiger partial charge is 0.187 e. The summed E-state index contributed by atoms with van der Waals surface area (Å²) in [5.41, 5.74) is 0. The molecule has 270 valence electrons. The summed E-state index contributed by atoms with van der Waals surface area (Å²) in [4.78, 5) is 0. The maximum absolute atomic E-state index is 10.9. The Hall–Kier alpha value is -0.840. The van der Waals surface area contributed by atoms with E-state index in [2.05, 4.69) is 0 Å². The van der Waals surface area contributed by atoms with Crippen LogP contribution < -0.4 is 0 Å². The minimum absolute atomic E-state index is 0.721. The normalized spacial score (nSPS) is 52.0. The second-order valence-electron chi connectivity index (χ2n) is 11.4. The second-order valence-corrected chi connectivity index (χ2v) is 11.4. The van der Waals surface area contributed by atoms with Crippen molar-refractivity contribution >= 4 is 0 Å². The lowest BCUT2D eigenvalue weighted by molar-refractivity contribution is -0.388. The fourth-order valence-corrected chi connectivity index (χ4v) is 5.73. The Morgan fingerprint density at radius 2 is 0.652 bits per heavy atom. The van der Waals surface area contributed by atoms with E-state index in [0.29, 0.717) is 0 Å². The van der Waals surface area contributed by atoms with Gasteiger partial charge in [-0.05, 0) is 0 Å². The van der Waals surface area contributed by atoms with Gasteiger partial charge in [-0.15, -0.1) is 0 Å². The maximum atomic E-state index is 10.9. The lowest BCUT2D eigenvalue weighted by Gasteiger charge is -2.49. The van der Waals surface area contributed by atoms with Crippen LogP contribution in [-0.4, -0.2) is 223 Å². The minimum Gasteiger partial charge on any atom is -0.394 e.